The first-order chi connectivity index (χ1) is 31.6. The summed E-state index contributed by atoms with van der Waals surface area (Å²) in [6, 6.07) is 0. The Morgan fingerprint density at radius 2 is 0.418 bits per heavy atom. The molecule has 6 aliphatic rings. The van der Waals surface area contributed by atoms with Crippen LogP contribution in [0.3, 0.4) is 0 Å². The summed E-state index contributed by atoms with van der Waals surface area (Å²) in [6.07, 6.45) is -54.2. The second-order valence-electron chi connectivity index (χ2n) is 17.0. The summed E-state index contributed by atoms with van der Waals surface area (Å²) >= 11 is 0. The summed E-state index contributed by atoms with van der Waals surface area (Å²) in [5, 5.41) is 206. The molecule has 6 rings (SSSR count). The van der Waals surface area contributed by atoms with Crippen molar-refractivity contribution in [2.75, 3.05) is 39.6 Å². The predicted molar refractivity (Wildman–Crippen MR) is 199 cm³/mol. The van der Waals surface area contributed by atoms with E-state index < -0.39 is 224 Å². The van der Waals surface area contributed by atoms with Gasteiger partial charge in [-0.15, -0.1) is 0 Å². The van der Waals surface area contributed by atoms with Gasteiger partial charge in [-0.25, -0.2) is 0 Å². The van der Waals surface area contributed by atoms with Crippen LogP contribution in [0.2, 0.25) is 0 Å². The van der Waals surface area contributed by atoms with Gasteiger partial charge in [-0.3, -0.25) is 0 Å². The highest BCUT2D eigenvalue weighted by atomic mass is 16.8. The first-order valence-corrected chi connectivity index (χ1v) is 21.1. The van der Waals surface area contributed by atoms with Crippen molar-refractivity contribution in [3.63, 3.8) is 0 Å². The summed E-state index contributed by atoms with van der Waals surface area (Å²) in [7, 11) is 0. The number of hydrogen-bond acceptors (Lipinski definition) is 31. The van der Waals surface area contributed by atoms with Gasteiger partial charge >= 0.3 is 0 Å². The second kappa shape index (κ2) is 23.5. The van der Waals surface area contributed by atoms with Crippen LogP contribution in [0.25, 0.3) is 0 Å². The smallest absolute Gasteiger partial charge is 0.186 e. The molecule has 6 fully saturated rings. The van der Waals surface area contributed by atoms with Crippen molar-refractivity contribution in [3.8, 4) is 0 Å². The van der Waals surface area contributed by atoms with Crippen LogP contribution in [0.1, 0.15) is 0 Å². The van der Waals surface area contributed by atoms with Crippen molar-refractivity contribution in [1.82, 2.24) is 0 Å². The molecule has 30 atom stereocenters. The van der Waals surface area contributed by atoms with E-state index in [-0.39, 0.29) is 0 Å². The van der Waals surface area contributed by atoms with Crippen LogP contribution in [0, 0.1) is 0 Å². The van der Waals surface area contributed by atoms with Crippen LogP contribution in [0.5, 0.6) is 0 Å². The zero-order chi connectivity index (χ0) is 49.3. The van der Waals surface area contributed by atoms with Crippen molar-refractivity contribution in [2.45, 2.75) is 184 Å². The van der Waals surface area contributed by atoms with E-state index in [1.54, 1.807) is 0 Å². The van der Waals surface area contributed by atoms with Gasteiger partial charge in [0.25, 0.3) is 0 Å². The molecule has 6 aliphatic heterocycles. The standard InChI is InChI=1S/C36H62O31/c37-1-7-13(38)20(45)26(51)32(63-7)58-3-9-15(40)22(47)28(53)34(65-9)60-5-11-17(42)24(49)30(55)36(67-11)61-6-12-18(43)23(48)29(54)35(66-12)59-4-10-16(41)21(46)27(52)33(64-10)57-2-8-14(39)19(44)25(50)31(56)62-8/h7-56H,1-6H2/t7-,8-,9-,10-,11-,12-,13-,14-,15-,16-,17+,18+,19+,20+,21+,22+,23+,24+,25-,26-,27-,28-,29-,30-,31-,32-,33-,34-,35-,36-/m1/s1. The molecular formula is C36H62O31. The van der Waals surface area contributed by atoms with Gasteiger partial charge < -0.3 is 154 Å². The highest BCUT2D eigenvalue weighted by Gasteiger charge is 2.52. The molecule has 31 nitrogen and oxygen atoms in total. The Balaban J connectivity index is 1.01. The van der Waals surface area contributed by atoms with E-state index in [9.17, 15) is 102 Å². The Hall–Kier alpha value is -1.24. The van der Waals surface area contributed by atoms with Crippen LogP contribution >= 0.6 is 0 Å². The van der Waals surface area contributed by atoms with Crippen LogP contribution in [0.4, 0.5) is 0 Å². The fourth-order valence-corrected chi connectivity index (χ4v) is 7.99. The molecule has 67 heavy (non-hydrogen) atoms. The molecule has 392 valence electrons. The molecule has 31 heteroatoms. The van der Waals surface area contributed by atoms with Crippen molar-refractivity contribution in [2.24, 2.45) is 0 Å². The van der Waals surface area contributed by atoms with Gasteiger partial charge in [0.1, 0.15) is 146 Å². The quantitative estimate of drug-likeness (QED) is 0.0683. The molecule has 20 N–H and O–H groups in total. The monoisotopic (exact) mass is 990 g/mol. The molecule has 0 amide bonds. The predicted octanol–water partition coefficient (Wildman–Crippen LogP) is -14.1. The summed E-state index contributed by atoms with van der Waals surface area (Å²) in [6.45, 7) is -4.51. The summed E-state index contributed by atoms with van der Waals surface area (Å²) < 4.78 is 59.7. The Labute approximate surface area is 378 Å². The largest absolute Gasteiger partial charge is 0.394 e. The van der Waals surface area contributed by atoms with Crippen LogP contribution < -0.4 is 0 Å². The Bertz CT molecular complexity index is 1510. The Kier molecular flexibility index (Phi) is 19.4. The number of hydrogen-bond donors (Lipinski definition) is 20. The maximum atomic E-state index is 10.7. The van der Waals surface area contributed by atoms with Crippen molar-refractivity contribution in [3.05, 3.63) is 0 Å². The normalized spacial score (nSPS) is 53.4. The fraction of sp³-hybridized carbons (Fsp3) is 1.00. The lowest BCUT2D eigenvalue weighted by Gasteiger charge is -2.44. The SMILES string of the molecule is OC[C@H]1O[C@@H](OC[C@H]2O[C@@H](OC[C@H]3O[C@@H](OC[C@H]4O[C@@H](OC[C@H]5O[C@@H](OC[C@H]6O[C@@H](O)[C@H](O)[C@@H](O)[C@@H]6O)[C@H](O)[C@@H](O)[C@@H]5O)[C@H](O)[C@@H](O)[C@H]4O)[C@H](O)[C@@H](O)[C@H]3O)[C@H](O)[C@@H](O)[C@@H]2O)[C@H](O)[C@@H](O)[C@@H]1O. The van der Waals surface area contributed by atoms with E-state index in [0.717, 1.165) is 0 Å². The number of aliphatic hydroxyl groups is 20. The van der Waals surface area contributed by atoms with Gasteiger partial charge in [-0.2, -0.15) is 0 Å². The lowest BCUT2D eigenvalue weighted by Crippen LogP contribution is -2.63. The number of aliphatic hydroxyl groups excluding tert-OH is 20. The Morgan fingerprint density at radius 1 is 0.224 bits per heavy atom. The van der Waals surface area contributed by atoms with Crippen LogP contribution in [-0.4, -0.2) is 326 Å². The summed E-state index contributed by atoms with van der Waals surface area (Å²) in [5.41, 5.74) is 0. The third-order valence-electron chi connectivity index (χ3n) is 12.3. The molecule has 0 spiro atoms. The van der Waals surface area contributed by atoms with Gasteiger partial charge in [-0.05, 0) is 0 Å². The third-order valence-corrected chi connectivity index (χ3v) is 12.3. The maximum absolute atomic E-state index is 10.7. The zero-order valence-corrected chi connectivity index (χ0v) is 35.0. The van der Waals surface area contributed by atoms with E-state index >= 15 is 0 Å². The van der Waals surface area contributed by atoms with E-state index in [4.69, 9.17) is 52.1 Å². The number of ether oxygens (including phenoxy) is 11. The molecule has 0 aromatic carbocycles. The molecule has 0 unspecified atom stereocenters. The average Bonchev–Trinajstić information content (AvgIpc) is 3.31. The van der Waals surface area contributed by atoms with Crippen LogP contribution in [-0.2, 0) is 52.1 Å². The number of rotatable bonds is 16. The fourth-order valence-electron chi connectivity index (χ4n) is 7.99. The van der Waals surface area contributed by atoms with Crippen molar-refractivity contribution < 1.29 is 154 Å². The minimum absolute atomic E-state index is 0.692. The molecule has 0 bridgehead atoms. The minimum Gasteiger partial charge on any atom is -0.394 e. The topological polar surface area (TPSA) is 506 Å². The third kappa shape index (κ3) is 12.0. The van der Waals surface area contributed by atoms with Crippen molar-refractivity contribution >= 4 is 0 Å². The van der Waals surface area contributed by atoms with Gasteiger partial charge in [0.05, 0.1) is 39.6 Å². The second-order valence-corrected chi connectivity index (χ2v) is 17.0. The van der Waals surface area contributed by atoms with E-state index in [1.165, 1.54) is 0 Å². The maximum Gasteiger partial charge on any atom is 0.186 e. The molecule has 6 saturated heterocycles. The lowest BCUT2D eigenvalue weighted by atomic mass is 9.97. The molecular weight excluding hydrogens is 928 g/mol. The van der Waals surface area contributed by atoms with E-state index in [2.05, 4.69) is 0 Å². The Morgan fingerprint density at radius 3 is 0.657 bits per heavy atom. The molecule has 0 aromatic rings. The summed E-state index contributed by atoms with van der Waals surface area (Å²) in [5.74, 6) is 0. The molecule has 6 heterocycles. The highest BCUT2D eigenvalue weighted by molar-refractivity contribution is 4.96. The highest BCUT2D eigenvalue weighted by Crippen LogP contribution is 2.31. The molecule has 0 aliphatic carbocycles. The van der Waals surface area contributed by atoms with E-state index in [0.29, 0.717) is 0 Å². The molecule has 0 radical (unpaired) electrons. The van der Waals surface area contributed by atoms with Gasteiger partial charge in [0, 0.05) is 0 Å². The lowest BCUT2D eigenvalue weighted by molar-refractivity contribution is -0.352. The average molecular weight is 991 g/mol. The first-order valence-electron chi connectivity index (χ1n) is 21.1. The molecule has 0 saturated carbocycles. The summed E-state index contributed by atoms with van der Waals surface area (Å²) in [4.78, 5) is 0. The van der Waals surface area contributed by atoms with Crippen LogP contribution in [0.15, 0.2) is 0 Å². The van der Waals surface area contributed by atoms with Gasteiger partial charge in [-0.1, -0.05) is 0 Å². The first kappa shape index (κ1) is 55.1. The molecule has 0 aromatic heterocycles. The van der Waals surface area contributed by atoms with E-state index in [1.807, 2.05) is 0 Å². The minimum atomic E-state index is -2.01. The van der Waals surface area contributed by atoms with Crippen molar-refractivity contribution in [1.29, 1.82) is 0 Å². The van der Waals surface area contributed by atoms with Gasteiger partial charge in [0.2, 0.25) is 0 Å². The zero-order valence-electron chi connectivity index (χ0n) is 35.0. The van der Waals surface area contributed by atoms with Gasteiger partial charge in [0.15, 0.2) is 37.7 Å².